The van der Waals surface area contributed by atoms with Crippen molar-refractivity contribution in [2.24, 2.45) is 0 Å². The molecule has 1 rings (SSSR count). The number of anilines is 1. The second-order valence-corrected chi connectivity index (χ2v) is 3.95. The molecule has 0 aliphatic rings. The van der Waals surface area contributed by atoms with Gasteiger partial charge in [0.1, 0.15) is 0 Å². The Labute approximate surface area is 102 Å². The van der Waals surface area contributed by atoms with Gasteiger partial charge in [-0.05, 0) is 46.7 Å². The average molecular weight is 310 g/mol. The molecule has 0 aromatic heterocycles. The number of hydrogen-bond acceptors (Lipinski definition) is 2. The molecule has 0 heterocycles. The van der Waals surface area contributed by atoms with Crippen molar-refractivity contribution in [2.75, 3.05) is 11.9 Å². The third-order valence-electron chi connectivity index (χ3n) is 1.87. The van der Waals surface area contributed by atoms with Crippen molar-refractivity contribution in [2.45, 2.75) is 0 Å². The molecule has 0 unspecified atom stereocenters. The standard InChI is InChI=1S/C11H7IN2O/c1-3-11(15)14(2)10-5-4-8(7-13)6-9(10)12/h1,4-6H,2H3. The van der Waals surface area contributed by atoms with E-state index < -0.39 is 5.91 Å². The van der Waals surface area contributed by atoms with Crippen molar-refractivity contribution in [3.63, 3.8) is 0 Å². The Morgan fingerprint density at radius 3 is 2.73 bits per heavy atom. The maximum absolute atomic E-state index is 11.2. The molecule has 4 heteroatoms. The minimum Gasteiger partial charge on any atom is -0.304 e. The first-order valence-electron chi connectivity index (χ1n) is 4.04. The maximum atomic E-state index is 11.2. The second-order valence-electron chi connectivity index (χ2n) is 2.79. The fourth-order valence-corrected chi connectivity index (χ4v) is 1.93. The van der Waals surface area contributed by atoms with E-state index in [0.717, 1.165) is 3.57 Å². The average Bonchev–Trinajstić information content (AvgIpc) is 2.26. The van der Waals surface area contributed by atoms with Gasteiger partial charge in [-0.3, -0.25) is 4.79 Å². The fourth-order valence-electron chi connectivity index (χ4n) is 1.05. The van der Waals surface area contributed by atoms with E-state index in [-0.39, 0.29) is 0 Å². The number of rotatable bonds is 1. The van der Waals surface area contributed by atoms with Crippen LogP contribution in [0, 0.1) is 27.2 Å². The van der Waals surface area contributed by atoms with E-state index in [4.69, 9.17) is 11.7 Å². The van der Waals surface area contributed by atoms with Gasteiger partial charge in [0.15, 0.2) is 0 Å². The lowest BCUT2D eigenvalue weighted by atomic mass is 10.2. The van der Waals surface area contributed by atoms with E-state index in [1.807, 2.05) is 12.0 Å². The van der Waals surface area contributed by atoms with Crippen molar-refractivity contribution in [3.05, 3.63) is 27.3 Å². The third kappa shape index (κ3) is 2.48. The number of hydrogen-bond donors (Lipinski definition) is 0. The Kier molecular flexibility index (Phi) is 3.70. The van der Waals surface area contributed by atoms with Crippen molar-refractivity contribution in [1.82, 2.24) is 0 Å². The van der Waals surface area contributed by atoms with Crippen LogP contribution in [-0.4, -0.2) is 13.0 Å². The number of halogens is 1. The molecule has 74 valence electrons. The van der Waals surface area contributed by atoms with E-state index in [2.05, 4.69) is 22.6 Å². The van der Waals surface area contributed by atoms with Crippen LogP contribution in [0.3, 0.4) is 0 Å². The summed E-state index contributed by atoms with van der Waals surface area (Å²) in [5.41, 5.74) is 1.27. The molecule has 1 aromatic carbocycles. The highest BCUT2D eigenvalue weighted by atomic mass is 127. The lowest BCUT2D eigenvalue weighted by molar-refractivity contribution is -0.113. The molecule has 1 aromatic rings. The molecule has 3 nitrogen and oxygen atoms in total. The molecule has 15 heavy (non-hydrogen) atoms. The van der Waals surface area contributed by atoms with Crippen molar-refractivity contribution in [1.29, 1.82) is 5.26 Å². The first kappa shape index (κ1) is 11.5. The van der Waals surface area contributed by atoms with Crippen LogP contribution in [0.15, 0.2) is 18.2 Å². The molecule has 0 aliphatic carbocycles. The summed E-state index contributed by atoms with van der Waals surface area (Å²) < 4.78 is 0.817. The predicted octanol–water partition coefficient (Wildman–Crippen LogP) is 1.76. The minimum atomic E-state index is -0.405. The number of terminal acetylenes is 1. The zero-order valence-corrected chi connectivity index (χ0v) is 10.1. The lowest BCUT2D eigenvalue weighted by Gasteiger charge is -2.15. The van der Waals surface area contributed by atoms with Crippen molar-refractivity contribution < 1.29 is 4.79 Å². The van der Waals surface area contributed by atoms with Crippen molar-refractivity contribution >= 4 is 34.2 Å². The summed E-state index contributed by atoms with van der Waals surface area (Å²) in [6, 6.07) is 7.09. The molecular weight excluding hydrogens is 303 g/mol. The van der Waals surface area contributed by atoms with Gasteiger partial charge in [-0.1, -0.05) is 0 Å². The van der Waals surface area contributed by atoms with E-state index in [0.29, 0.717) is 11.3 Å². The van der Waals surface area contributed by atoms with Crippen LogP contribution in [0.4, 0.5) is 5.69 Å². The molecule has 0 spiro atoms. The van der Waals surface area contributed by atoms with Gasteiger partial charge < -0.3 is 4.90 Å². The second kappa shape index (κ2) is 4.81. The lowest BCUT2D eigenvalue weighted by Crippen LogP contribution is -2.25. The highest BCUT2D eigenvalue weighted by Crippen LogP contribution is 2.22. The molecule has 0 bridgehead atoms. The summed E-state index contributed by atoms with van der Waals surface area (Å²) >= 11 is 2.06. The van der Waals surface area contributed by atoms with E-state index >= 15 is 0 Å². The van der Waals surface area contributed by atoms with Crippen LogP contribution >= 0.6 is 22.6 Å². The van der Waals surface area contributed by atoms with Crippen molar-refractivity contribution in [3.8, 4) is 18.4 Å². The van der Waals surface area contributed by atoms with Crippen LogP contribution < -0.4 is 4.90 Å². The van der Waals surface area contributed by atoms with Crippen LogP contribution in [-0.2, 0) is 4.79 Å². The zero-order valence-electron chi connectivity index (χ0n) is 7.99. The number of amides is 1. The summed E-state index contributed by atoms with van der Waals surface area (Å²) in [5.74, 6) is 1.63. The van der Waals surface area contributed by atoms with Gasteiger partial charge in [0.25, 0.3) is 0 Å². The largest absolute Gasteiger partial charge is 0.304 e. The molecule has 0 radical (unpaired) electrons. The monoisotopic (exact) mass is 310 g/mol. The number of carbonyl (C=O) groups is 1. The minimum absolute atomic E-state index is 0.405. The smallest absolute Gasteiger partial charge is 0.302 e. The fraction of sp³-hybridized carbons (Fsp3) is 0.0909. The summed E-state index contributed by atoms with van der Waals surface area (Å²) in [6.45, 7) is 0. The Balaban J connectivity index is 3.13. The first-order chi connectivity index (χ1) is 7.10. The van der Waals surface area contributed by atoms with Crippen LogP contribution in [0.25, 0.3) is 0 Å². The van der Waals surface area contributed by atoms with Gasteiger partial charge in [-0.25, -0.2) is 0 Å². The maximum Gasteiger partial charge on any atom is 0.302 e. The SMILES string of the molecule is C#CC(=O)N(C)c1ccc(C#N)cc1I. The summed E-state index contributed by atoms with van der Waals surface area (Å²) in [7, 11) is 1.60. The first-order valence-corrected chi connectivity index (χ1v) is 5.12. The summed E-state index contributed by atoms with van der Waals surface area (Å²) in [4.78, 5) is 12.6. The third-order valence-corrected chi connectivity index (χ3v) is 2.73. The van der Waals surface area contributed by atoms with Gasteiger partial charge in [0.2, 0.25) is 0 Å². The highest BCUT2D eigenvalue weighted by Gasteiger charge is 2.11. The van der Waals surface area contributed by atoms with Crippen LogP contribution in [0.5, 0.6) is 0 Å². The summed E-state index contributed by atoms with van der Waals surface area (Å²) in [5, 5.41) is 8.68. The number of carbonyl (C=O) groups excluding carboxylic acids is 1. The van der Waals surface area contributed by atoms with Crippen LogP contribution in [0.2, 0.25) is 0 Å². The highest BCUT2D eigenvalue weighted by molar-refractivity contribution is 14.1. The van der Waals surface area contributed by atoms with Crippen LogP contribution in [0.1, 0.15) is 5.56 Å². The molecule has 0 fully saturated rings. The molecular formula is C11H7IN2O. The molecule has 1 amide bonds. The van der Waals surface area contributed by atoms with Gasteiger partial charge in [-0.15, -0.1) is 6.42 Å². The number of nitriles is 1. The Hall–Kier alpha value is -1.53. The molecule has 0 N–H and O–H groups in total. The molecule has 0 saturated heterocycles. The normalized spacial score (nSPS) is 8.80. The number of benzene rings is 1. The Bertz CT molecular complexity index is 482. The Morgan fingerprint density at radius 1 is 1.60 bits per heavy atom. The van der Waals surface area contributed by atoms with Gasteiger partial charge >= 0.3 is 5.91 Å². The topological polar surface area (TPSA) is 44.1 Å². The molecule has 0 aliphatic heterocycles. The molecule has 0 atom stereocenters. The molecule has 0 saturated carbocycles. The van der Waals surface area contributed by atoms with Gasteiger partial charge in [-0.2, -0.15) is 5.26 Å². The van der Waals surface area contributed by atoms with Gasteiger partial charge in [0.05, 0.1) is 17.3 Å². The number of nitrogens with zero attached hydrogens (tertiary/aromatic N) is 2. The van der Waals surface area contributed by atoms with E-state index in [1.54, 1.807) is 25.2 Å². The quantitative estimate of drug-likeness (QED) is 0.586. The van der Waals surface area contributed by atoms with Gasteiger partial charge in [0, 0.05) is 10.6 Å². The summed E-state index contributed by atoms with van der Waals surface area (Å²) in [6.07, 6.45) is 5.02. The Morgan fingerprint density at radius 2 is 2.27 bits per heavy atom. The van der Waals surface area contributed by atoms with E-state index in [1.165, 1.54) is 4.90 Å². The predicted molar refractivity (Wildman–Crippen MR) is 66.1 cm³/mol. The zero-order chi connectivity index (χ0) is 11.4. The van der Waals surface area contributed by atoms with E-state index in [9.17, 15) is 4.79 Å².